The van der Waals surface area contributed by atoms with Gasteiger partial charge in [0.2, 0.25) is 0 Å². The van der Waals surface area contributed by atoms with Gasteiger partial charge in [-0.1, -0.05) is 66.0 Å². The van der Waals surface area contributed by atoms with Gasteiger partial charge < -0.3 is 0 Å². The Labute approximate surface area is 145 Å². The Morgan fingerprint density at radius 1 is 1.20 bits per heavy atom. The molecule has 0 radical (unpaired) electrons. The van der Waals surface area contributed by atoms with E-state index < -0.39 is 0 Å². The molecule has 0 atom stereocenters. The van der Waals surface area contributed by atoms with Crippen molar-refractivity contribution in [2.75, 3.05) is 10.7 Å². The molecule has 0 aliphatic rings. The molecular weight excluding hydrogens is 448 g/mol. The largest absolute Gasteiger partial charge is 0.272 e. The first-order valence-electron chi connectivity index (χ1n) is 6.39. The third-order valence-corrected chi connectivity index (χ3v) is 6.41. The Morgan fingerprint density at radius 3 is 2.35 bits per heavy atom. The molecule has 0 spiro atoms. The molecule has 2 rings (SSSR count). The van der Waals surface area contributed by atoms with E-state index in [2.05, 4.69) is 83.2 Å². The number of hydrogen-bond donors (Lipinski definition) is 0. The molecule has 0 N–H and O–H groups in total. The van der Waals surface area contributed by atoms with Crippen molar-refractivity contribution in [3.63, 3.8) is 0 Å². The van der Waals surface area contributed by atoms with Crippen LogP contribution in [0.4, 0.5) is 0 Å². The molecule has 0 fully saturated rings. The Balaban J connectivity index is 2.45. The molecule has 2 nitrogen and oxygen atoms in total. The molecule has 0 saturated carbocycles. The molecule has 0 aliphatic heterocycles. The van der Waals surface area contributed by atoms with Crippen molar-refractivity contribution < 1.29 is 0 Å². The van der Waals surface area contributed by atoms with E-state index in [0.29, 0.717) is 0 Å². The SMILES string of the molecule is Cc1cc(CC(CBr)(CBr)c2ccccc2Br)n(C)n1. The van der Waals surface area contributed by atoms with Crippen LogP contribution in [0.15, 0.2) is 34.8 Å². The first-order chi connectivity index (χ1) is 9.52. The minimum atomic E-state index is 0.000324. The van der Waals surface area contributed by atoms with Crippen LogP contribution < -0.4 is 0 Å². The summed E-state index contributed by atoms with van der Waals surface area (Å²) in [4.78, 5) is 0. The molecule has 0 aliphatic carbocycles. The Bertz CT molecular complexity index is 589. The van der Waals surface area contributed by atoms with E-state index in [4.69, 9.17) is 0 Å². The van der Waals surface area contributed by atoms with E-state index >= 15 is 0 Å². The van der Waals surface area contributed by atoms with Gasteiger partial charge in [0.05, 0.1) is 5.69 Å². The van der Waals surface area contributed by atoms with E-state index in [1.54, 1.807) is 0 Å². The zero-order chi connectivity index (χ0) is 14.8. The molecular formula is C15H17Br3N2. The summed E-state index contributed by atoms with van der Waals surface area (Å²) in [6, 6.07) is 10.6. The van der Waals surface area contributed by atoms with Crippen LogP contribution in [0.3, 0.4) is 0 Å². The van der Waals surface area contributed by atoms with Gasteiger partial charge in [0.1, 0.15) is 0 Å². The highest BCUT2D eigenvalue weighted by atomic mass is 79.9. The third-order valence-electron chi connectivity index (χ3n) is 3.58. The highest BCUT2D eigenvalue weighted by Crippen LogP contribution is 2.37. The zero-order valence-electron chi connectivity index (χ0n) is 11.5. The number of aryl methyl sites for hydroxylation is 2. The molecule has 0 bridgehead atoms. The van der Waals surface area contributed by atoms with Crippen molar-refractivity contribution in [1.29, 1.82) is 0 Å². The van der Waals surface area contributed by atoms with Crippen molar-refractivity contribution in [2.24, 2.45) is 7.05 Å². The van der Waals surface area contributed by atoms with Crippen molar-refractivity contribution in [1.82, 2.24) is 9.78 Å². The maximum atomic E-state index is 4.45. The summed E-state index contributed by atoms with van der Waals surface area (Å²) < 4.78 is 3.13. The zero-order valence-corrected chi connectivity index (χ0v) is 16.3. The lowest BCUT2D eigenvalue weighted by Gasteiger charge is -2.31. The smallest absolute Gasteiger partial charge is 0.0596 e. The molecule has 1 aromatic heterocycles. The standard InChI is InChI=1S/C15H17Br3N2/c1-11-7-12(20(2)19-11)8-15(9-16,10-17)13-5-3-4-6-14(13)18/h3-7H,8-10H2,1-2H3. The summed E-state index contributed by atoms with van der Waals surface area (Å²) in [5.41, 5.74) is 3.62. The van der Waals surface area contributed by atoms with Crippen LogP contribution in [0.5, 0.6) is 0 Å². The lowest BCUT2D eigenvalue weighted by Crippen LogP contribution is -2.34. The predicted octanol–water partition coefficient (Wildman–Crippen LogP) is 4.76. The summed E-state index contributed by atoms with van der Waals surface area (Å²) in [6.07, 6.45) is 0.934. The van der Waals surface area contributed by atoms with Gasteiger partial charge in [-0.15, -0.1) is 0 Å². The summed E-state index contributed by atoms with van der Waals surface area (Å²) in [7, 11) is 2.01. The fraction of sp³-hybridized carbons (Fsp3) is 0.400. The van der Waals surface area contributed by atoms with Gasteiger partial charge in [-0.25, -0.2) is 0 Å². The van der Waals surface area contributed by atoms with Crippen LogP contribution >= 0.6 is 47.8 Å². The van der Waals surface area contributed by atoms with Gasteiger partial charge in [0.25, 0.3) is 0 Å². The highest BCUT2D eigenvalue weighted by Gasteiger charge is 2.33. The molecule has 0 saturated heterocycles. The average Bonchev–Trinajstić information content (AvgIpc) is 2.75. The predicted molar refractivity (Wildman–Crippen MR) is 95.1 cm³/mol. The van der Waals surface area contributed by atoms with Crippen molar-refractivity contribution in [3.05, 3.63) is 51.8 Å². The lowest BCUT2D eigenvalue weighted by atomic mass is 9.80. The van der Waals surface area contributed by atoms with Crippen LogP contribution in [-0.2, 0) is 18.9 Å². The summed E-state index contributed by atoms with van der Waals surface area (Å²) in [5.74, 6) is 0. The number of aromatic nitrogens is 2. The van der Waals surface area contributed by atoms with Crippen LogP contribution in [-0.4, -0.2) is 20.4 Å². The number of hydrogen-bond acceptors (Lipinski definition) is 1. The van der Waals surface area contributed by atoms with Crippen molar-refractivity contribution in [2.45, 2.75) is 18.8 Å². The molecule has 5 heteroatoms. The molecule has 1 heterocycles. The quantitative estimate of drug-likeness (QED) is 0.583. The van der Waals surface area contributed by atoms with E-state index in [0.717, 1.165) is 27.2 Å². The number of halogens is 3. The maximum absolute atomic E-state index is 4.45. The Kier molecular flexibility index (Phi) is 5.49. The van der Waals surface area contributed by atoms with E-state index in [1.165, 1.54) is 11.3 Å². The maximum Gasteiger partial charge on any atom is 0.0596 e. The first-order valence-corrected chi connectivity index (χ1v) is 9.42. The summed E-state index contributed by atoms with van der Waals surface area (Å²) in [5, 5.41) is 6.23. The van der Waals surface area contributed by atoms with Gasteiger partial charge in [-0.05, 0) is 24.6 Å². The van der Waals surface area contributed by atoms with E-state index in [9.17, 15) is 0 Å². The normalized spacial score (nSPS) is 11.8. The molecule has 1 aromatic carbocycles. The third kappa shape index (κ3) is 3.20. The van der Waals surface area contributed by atoms with Gasteiger partial charge >= 0.3 is 0 Å². The van der Waals surface area contributed by atoms with Crippen molar-refractivity contribution in [3.8, 4) is 0 Å². The number of rotatable bonds is 5. The second kappa shape index (κ2) is 6.75. The number of alkyl halides is 2. The molecule has 0 amide bonds. The number of benzene rings is 1. The molecule has 0 unspecified atom stereocenters. The summed E-state index contributed by atoms with van der Waals surface area (Å²) in [6.45, 7) is 2.03. The Morgan fingerprint density at radius 2 is 1.85 bits per heavy atom. The fourth-order valence-corrected chi connectivity index (χ4v) is 5.07. The number of nitrogens with zero attached hydrogens (tertiary/aromatic N) is 2. The minimum Gasteiger partial charge on any atom is -0.272 e. The van der Waals surface area contributed by atoms with E-state index in [1.807, 2.05) is 18.7 Å². The summed E-state index contributed by atoms with van der Waals surface area (Å²) >= 11 is 11.1. The van der Waals surface area contributed by atoms with Crippen LogP contribution in [0.1, 0.15) is 17.0 Å². The average molecular weight is 465 g/mol. The molecule has 20 heavy (non-hydrogen) atoms. The van der Waals surface area contributed by atoms with Crippen LogP contribution in [0.25, 0.3) is 0 Å². The van der Waals surface area contributed by atoms with Gasteiger partial charge in [-0.2, -0.15) is 5.10 Å². The van der Waals surface area contributed by atoms with Crippen LogP contribution in [0, 0.1) is 6.92 Å². The van der Waals surface area contributed by atoms with Gasteiger partial charge in [-0.3, -0.25) is 4.68 Å². The fourth-order valence-electron chi connectivity index (χ4n) is 2.44. The van der Waals surface area contributed by atoms with E-state index in [-0.39, 0.29) is 5.41 Å². The van der Waals surface area contributed by atoms with Gasteiger partial charge in [0, 0.05) is 39.7 Å². The molecule has 2 aromatic rings. The second-order valence-corrected chi connectivity index (χ2v) is 7.08. The van der Waals surface area contributed by atoms with Crippen molar-refractivity contribution >= 4 is 47.8 Å². The first kappa shape index (κ1) is 16.2. The highest BCUT2D eigenvalue weighted by molar-refractivity contribution is 9.10. The Hall–Kier alpha value is -0.130. The molecule has 108 valence electrons. The van der Waals surface area contributed by atoms with Gasteiger partial charge in [0.15, 0.2) is 0 Å². The topological polar surface area (TPSA) is 17.8 Å². The van der Waals surface area contributed by atoms with Crippen LogP contribution in [0.2, 0.25) is 0 Å². The lowest BCUT2D eigenvalue weighted by molar-refractivity contribution is 0.521. The minimum absolute atomic E-state index is 0.000324. The monoisotopic (exact) mass is 462 g/mol. The second-order valence-electron chi connectivity index (χ2n) is 5.10.